The van der Waals surface area contributed by atoms with Crippen molar-refractivity contribution in [1.82, 2.24) is 4.98 Å². The molecule has 0 spiro atoms. The van der Waals surface area contributed by atoms with Gasteiger partial charge in [-0.3, -0.25) is 15.1 Å². The van der Waals surface area contributed by atoms with Gasteiger partial charge in [-0.2, -0.15) is 0 Å². The molecule has 1 heterocycles. The number of nitrogens with zero attached hydrogens (tertiary/aromatic N) is 2. The summed E-state index contributed by atoms with van der Waals surface area (Å²) < 4.78 is 42.9. The van der Waals surface area contributed by atoms with Crippen LogP contribution in [0.5, 0.6) is 11.5 Å². The van der Waals surface area contributed by atoms with E-state index >= 15 is 0 Å². The maximum absolute atomic E-state index is 14.3. The molecule has 0 aliphatic rings. The Hall–Kier alpha value is -3.53. The van der Waals surface area contributed by atoms with Crippen molar-refractivity contribution in [1.29, 1.82) is 0 Å². The Bertz CT molecular complexity index is 1150. The van der Waals surface area contributed by atoms with Gasteiger partial charge in [0.1, 0.15) is 11.4 Å². The molecule has 3 aromatic rings. The summed E-state index contributed by atoms with van der Waals surface area (Å²) in [4.78, 5) is 14.3. The van der Waals surface area contributed by atoms with Crippen molar-refractivity contribution in [3.63, 3.8) is 0 Å². The maximum atomic E-state index is 14.3. The molecule has 0 aliphatic heterocycles. The number of nitro groups is 1. The van der Waals surface area contributed by atoms with Crippen molar-refractivity contribution in [2.75, 3.05) is 11.6 Å². The van der Waals surface area contributed by atoms with Gasteiger partial charge in [0.2, 0.25) is 0 Å². The van der Waals surface area contributed by atoms with Gasteiger partial charge in [-0.05, 0) is 42.0 Å². The lowest BCUT2D eigenvalue weighted by Gasteiger charge is -2.10. The first-order valence-electron chi connectivity index (χ1n) is 8.33. The molecular weight excluding hydrogens is 401 g/mol. The summed E-state index contributed by atoms with van der Waals surface area (Å²) in [6.07, 6.45) is 3.99. The second kappa shape index (κ2) is 8.23. The topological polar surface area (TPSA) is 111 Å². The van der Waals surface area contributed by atoms with Crippen LogP contribution in [0, 0.1) is 15.9 Å². The Morgan fingerprint density at radius 3 is 2.62 bits per heavy atom. The van der Waals surface area contributed by atoms with E-state index in [-0.39, 0.29) is 28.6 Å². The van der Waals surface area contributed by atoms with E-state index in [0.29, 0.717) is 11.3 Å². The van der Waals surface area contributed by atoms with Gasteiger partial charge >= 0.3 is 0 Å². The van der Waals surface area contributed by atoms with Crippen LogP contribution in [0.3, 0.4) is 0 Å². The summed E-state index contributed by atoms with van der Waals surface area (Å²) in [5.41, 5.74) is 0.256. The van der Waals surface area contributed by atoms with Crippen molar-refractivity contribution >= 4 is 21.2 Å². The highest BCUT2D eigenvalue weighted by Gasteiger charge is 2.18. The summed E-state index contributed by atoms with van der Waals surface area (Å²) in [7, 11) is -3.58. The van der Waals surface area contributed by atoms with E-state index in [1.807, 2.05) is 0 Å². The molecule has 29 heavy (non-hydrogen) atoms. The first-order valence-corrected chi connectivity index (χ1v) is 10.2. The number of rotatable bonds is 7. The zero-order chi connectivity index (χ0) is 21.0. The van der Waals surface area contributed by atoms with Gasteiger partial charge in [-0.1, -0.05) is 6.07 Å². The van der Waals surface area contributed by atoms with Crippen LogP contribution in [0.15, 0.2) is 65.8 Å². The van der Waals surface area contributed by atoms with Crippen LogP contribution in [0.2, 0.25) is 0 Å². The zero-order valence-electron chi connectivity index (χ0n) is 15.2. The highest BCUT2D eigenvalue weighted by molar-refractivity contribution is 7.90. The molecule has 0 fully saturated rings. The number of pyridine rings is 1. The van der Waals surface area contributed by atoms with E-state index in [1.165, 1.54) is 30.5 Å². The predicted molar refractivity (Wildman–Crippen MR) is 104 cm³/mol. The third kappa shape index (κ3) is 5.05. The fraction of sp³-hybridized carbons (Fsp3) is 0.105. The molecule has 2 aromatic carbocycles. The van der Waals surface area contributed by atoms with E-state index < -0.39 is 20.6 Å². The molecule has 0 aliphatic carbocycles. The Kier molecular flexibility index (Phi) is 5.74. The molecule has 0 bridgehead atoms. The second-order valence-electron chi connectivity index (χ2n) is 6.12. The number of nitro benzene ring substituents is 1. The lowest BCUT2D eigenvalue weighted by molar-refractivity contribution is -0.384. The minimum absolute atomic E-state index is 0.0187. The lowest BCUT2D eigenvalue weighted by atomic mass is 10.2. The van der Waals surface area contributed by atoms with Crippen LogP contribution >= 0.6 is 0 Å². The van der Waals surface area contributed by atoms with E-state index in [4.69, 9.17) is 4.74 Å². The van der Waals surface area contributed by atoms with Crippen LogP contribution in [0.1, 0.15) is 5.56 Å². The van der Waals surface area contributed by atoms with Crippen LogP contribution in [0.25, 0.3) is 0 Å². The van der Waals surface area contributed by atoms with Gasteiger partial charge in [0.15, 0.2) is 21.4 Å². The van der Waals surface area contributed by atoms with Crippen LogP contribution in [-0.2, 0) is 16.4 Å². The molecule has 0 amide bonds. The Morgan fingerprint density at radius 1 is 1.21 bits per heavy atom. The standard InChI is InChI=1S/C19H16FN3O5S/c1-29(26,27)15-5-6-17(18(10-15)23(24)25)22-11-13-4-7-19(16(20)9-13)28-14-3-2-8-21-12-14/h2-10,12,22H,11H2,1H3. The summed E-state index contributed by atoms with van der Waals surface area (Å²) in [5, 5.41) is 14.1. The van der Waals surface area contributed by atoms with Crippen molar-refractivity contribution in [3.05, 3.63) is 82.4 Å². The maximum Gasteiger partial charge on any atom is 0.293 e. The van der Waals surface area contributed by atoms with Crippen molar-refractivity contribution in [3.8, 4) is 11.5 Å². The third-order valence-electron chi connectivity index (χ3n) is 3.94. The van der Waals surface area contributed by atoms with Gasteiger partial charge < -0.3 is 10.1 Å². The van der Waals surface area contributed by atoms with E-state index in [0.717, 1.165) is 12.3 Å². The van der Waals surface area contributed by atoms with Gasteiger partial charge in [-0.25, -0.2) is 12.8 Å². The summed E-state index contributed by atoms with van der Waals surface area (Å²) >= 11 is 0. The fourth-order valence-corrected chi connectivity index (χ4v) is 3.15. The molecule has 3 rings (SSSR count). The van der Waals surface area contributed by atoms with Crippen molar-refractivity contribution in [2.24, 2.45) is 0 Å². The summed E-state index contributed by atoms with van der Waals surface area (Å²) in [6, 6.07) is 11.2. The predicted octanol–water partition coefficient (Wildman–Crippen LogP) is 3.94. The molecule has 0 atom stereocenters. The number of hydrogen-bond donors (Lipinski definition) is 1. The Labute approximate surface area is 166 Å². The van der Waals surface area contributed by atoms with E-state index in [2.05, 4.69) is 10.3 Å². The zero-order valence-corrected chi connectivity index (χ0v) is 16.0. The molecule has 150 valence electrons. The number of anilines is 1. The normalized spacial score (nSPS) is 11.1. The highest BCUT2D eigenvalue weighted by Crippen LogP contribution is 2.29. The largest absolute Gasteiger partial charge is 0.453 e. The van der Waals surface area contributed by atoms with Crippen molar-refractivity contribution in [2.45, 2.75) is 11.4 Å². The number of aromatic nitrogens is 1. The van der Waals surface area contributed by atoms with Gasteiger partial charge in [0.05, 0.1) is 16.0 Å². The van der Waals surface area contributed by atoms with E-state index in [1.54, 1.807) is 24.4 Å². The number of hydrogen-bond acceptors (Lipinski definition) is 7. The molecule has 1 N–H and O–H groups in total. The van der Waals surface area contributed by atoms with Crippen LogP contribution in [0.4, 0.5) is 15.8 Å². The third-order valence-corrected chi connectivity index (χ3v) is 5.05. The smallest absolute Gasteiger partial charge is 0.293 e. The molecule has 1 aromatic heterocycles. The monoisotopic (exact) mass is 417 g/mol. The first-order chi connectivity index (χ1) is 13.7. The fourth-order valence-electron chi connectivity index (χ4n) is 2.51. The minimum atomic E-state index is -3.58. The SMILES string of the molecule is CS(=O)(=O)c1ccc(NCc2ccc(Oc3cccnc3)c(F)c2)c([N+](=O)[O-])c1. The van der Waals surface area contributed by atoms with Crippen molar-refractivity contribution < 1.29 is 22.5 Å². The van der Waals surface area contributed by atoms with Crippen LogP contribution in [-0.4, -0.2) is 24.6 Å². The van der Waals surface area contributed by atoms with E-state index in [9.17, 15) is 22.9 Å². The number of halogens is 1. The average Bonchev–Trinajstić information content (AvgIpc) is 2.68. The molecule has 0 saturated carbocycles. The summed E-state index contributed by atoms with van der Waals surface area (Å²) in [5.74, 6) is -0.195. The molecule has 8 nitrogen and oxygen atoms in total. The van der Waals surface area contributed by atoms with Gasteiger partial charge in [0, 0.05) is 25.1 Å². The summed E-state index contributed by atoms with van der Waals surface area (Å²) in [6.45, 7) is 0.0865. The highest BCUT2D eigenvalue weighted by atomic mass is 32.2. The quantitative estimate of drug-likeness (QED) is 0.458. The van der Waals surface area contributed by atoms with Gasteiger partial charge in [-0.15, -0.1) is 0 Å². The molecule has 0 unspecified atom stereocenters. The Morgan fingerprint density at radius 2 is 2.00 bits per heavy atom. The second-order valence-corrected chi connectivity index (χ2v) is 8.13. The molecule has 0 radical (unpaired) electrons. The Balaban J connectivity index is 1.76. The number of sulfone groups is 1. The van der Waals surface area contributed by atoms with Gasteiger partial charge in [0.25, 0.3) is 5.69 Å². The minimum Gasteiger partial charge on any atom is -0.453 e. The molecule has 10 heteroatoms. The first kappa shape index (κ1) is 20.2. The number of ether oxygens (including phenoxy) is 1. The van der Waals surface area contributed by atoms with Crippen LogP contribution < -0.4 is 10.1 Å². The number of benzene rings is 2. The molecule has 0 saturated heterocycles. The average molecular weight is 417 g/mol. The number of nitrogens with one attached hydrogen (secondary N) is 1. The lowest BCUT2D eigenvalue weighted by Crippen LogP contribution is -2.05. The molecular formula is C19H16FN3O5S.